The number of likely N-dealkylation sites (N-methyl/N-ethyl adjacent to an activating group) is 1. The Labute approximate surface area is 139 Å². The number of fused-ring (bicyclic) bond motifs is 1. The van der Waals surface area contributed by atoms with Crippen LogP contribution in [0.3, 0.4) is 0 Å². The molecule has 0 aliphatic carbocycles. The lowest BCUT2D eigenvalue weighted by molar-refractivity contribution is -0.125. The summed E-state index contributed by atoms with van der Waals surface area (Å²) in [6, 6.07) is 5.48. The highest BCUT2D eigenvalue weighted by Gasteiger charge is 2.27. The summed E-state index contributed by atoms with van der Waals surface area (Å²) in [6.07, 6.45) is 0. The molecule has 1 N–H and O–H groups in total. The minimum Gasteiger partial charge on any atom is -0.358 e. The molecule has 3 rings (SSSR count). The molecule has 2 amide bonds. The second kappa shape index (κ2) is 6.64. The van der Waals surface area contributed by atoms with Gasteiger partial charge in [-0.2, -0.15) is 0 Å². The molecule has 23 heavy (non-hydrogen) atoms. The van der Waals surface area contributed by atoms with Crippen LogP contribution in [0, 0.1) is 0 Å². The highest BCUT2D eigenvalue weighted by Crippen LogP contribution is 2.20. The van der Waals surface area contributed by atoms with Gasteiger partial charge in [0.15, 0.2) is 0 Å². The van der Waals surface area contributed by atoms with Gasteiger partial charge in [0, 0.05) is 38.8 Å². The molecule has 1 aromatic heterocycles. The summed E-state index contributed by atoms with van der Waals surface area (Å²) in [7, 11) is 1.65. The summed E-state index contributed by atoms with van der Waals surface area (Å²) in [4.78, 5) is 32.6. The first-order chi connectivity index (χ1) is 11.1. The average molecular weight is 332 g/mol. The SMILES string of the molecule is CNC(=O)C(C)N1CCN(C(=O)c2ccc3ncsc3c2)CC1. The molecular formula is C16H20N4O2S. The fourth-order valence-electron chi connectivity index (χ4n) is 2.86. The molecular weight excluding hydrogens is 312 g/mol. The molecule has 7 heteroatoms. The van der Waals surface area contributed by atoms with Crippen molar-refractivity contribution in [3.63, 3.8) is 0 Å². The number of nitrogens with zero attached hydrogens (tertiary/aromatic N) is 3. The molecule has 1 atom stereocenters. The van der Waals surface area contributed by atoms with Crippen molar-refractivity contribution in [2.24, 2.45) is 0 Å². The number of aromatic nitrogens is 1. The Kier molecular flexibility index (Phi) is 4.58. The third kappa shape index (κ3) is 3.20. The molecule has 6 nitrogen and oxygen atoms in total. The minimum absolute atomic E-state index is 0.0143. The molecule has 0 saturated carbocycles. The number of rotatable bonds is 3. The summed E-state index contributed by atoms with van der Waals surface area (Å²) in [6.45, 7) is 4.60. The first kappa shape index (κ1) is 15.9. The van der Waals surface area contributed by atoms with Crippen molar-refractivity contribution in [1.82, 2.24) is 20.1 Å². The molecule has 0 radical (unpaired) electrons. The lowest BCUT2D eigenvalue weighted by Gasteiger charge is -2.37. The first-order valence-electron chi connectivity index (χ1n) is 7.68. The van der Waals surface area contributed by atoms with E-state index in [1.165, 1.54) is 0 Å². The van der Waals surface area contributed by atoms with Crippen molar-refractivity contribution in [2.45, 2.75) is 13.0 Å². The summed E-state index contributed by atoms with van der Waals surface area (Å²) in [5.74, 6) is 0.0629. The van der Waals surface area contributed by atoms with Gasteiger partial charge in [-0.15, -0.1) is 11.3 Å². The lowest BCUT2D eigenvalue weighted by Crippen LogP contribution is -2.54. The van der Waals surface area contributed by atoms with Crippen LogP contribution in [0.15, 0.2) is 23.7 Å². The predicted octanol–water partition coefficient (Wildman–Crippen LogP) is 1.19. The van der Waals surface area contributed by atoms with E-state index in [9.17, 15) is 9.59 Å². The van der Waals surface area contributed by atoms with E-state index in [0.717, 1.165) is 10.2 Å². The molecule has 1 aliphatic heterocycles. The molecule has 1 unspecified atom stereocenters. The Balaban J connectivity index is 1.65. The highest BCUT2D eigenvalue weighted by molar-refractivity contribution is 7.16. The first-order valence-corrected chi connectivity index (χ1v) is 8.56. The van der Waals surface area contributed by atoms with E-state index in [0.29, 0.717) is 31.7 Å². The number of hydrogen-bond acceptors (Lipinski definition) is 5. The molecule has 2 aromatic rings. The van der Waals surface area contributed by atoms with Crippen LogP contribution in [0.25, 0.3) is 10.2 Å². The van der Waals surface area contributed by atoms with Gasteiger partial charge in [0.05, 0.1) is 21.8 Å². The summed E-state index contributed by atoms with van der Waals surface area (Å²) >= 11 is 1.54. The average Bonchev–Trinajstić information content (AvgIpc) is 3.07. The van der Waals surface area contributed by atoms with Gasteiger partial charge in [0.25, 0.3) is 5.91 Å². The van der Waals surface area contributed by atoms with Crippen LogP contribution < -0.4 is 5.32 Å². The summed E-state index contributed by atoms with van der Waals surface area (Å²) < 4.78 is 1.03. The van der Waals surface area contributed by atoms with Crippen molar-refractivity contribution in [2.75, 3.05) is 33.2 Å². The third-order valence-electron chi connectivity index (χ3n) is 4.35. The largest absolute Gasteiger partial charge is 0.358 e. The van der Waals surface area contributed by atoms with E-state index in [1.807, 2.05) is 30.0 Å². The van der Waals surface area contributed by atoms with Crippen LogP contribution in [-0.2, 0) is 4.79 Å². The van der Waals surface area contributed by atoms with Gasteiger partial charge >= 0.3 is 0 Å². The van der Waals surface area contributed by atoms with Crippen LogP contribution in [0.4, 0.5) is 0 Å². The quantitative estimate of drug-likeness (QED) is 0.917. The maximum absolute atomic E-state index is 12.6. The van der Waals surface area contributed by atoms with Crippen molar-refractivity contribution >= 4 is 33.4 Å². The number of carbonyl (C=O) groups excluding carboxylic acids is 2. The Morgan fingerprint density at radius 3 is 2.70 bits per heavy atom. The van der Waals surface area contributed by atoms with E-state index in [2.05, 4.69) is 15.2 Å². The zero-order chi connectivity index (χ0) is 16.4. The number of benzene rings is 1. The Bertz CT molecular complexity index is 722. The van der Waals surface area contributed by atoms with E-state index >= 15 is 0 Å². The maximum atomic E-state index is 12.6. The Morgan fingerprint density at radius 2 is 2.00 bits per heavy atom. The smallest absolute Gasteiger partial charge is 0.253 e. The molecule has 122 valence electrons. The van der Waals surface area contributed by atoms with Gasteiger partial charge in [-0.05, 0) is 25.1 Å². The van der Waals surface area contributed by atoms with Crippen LogP contribution in [0.2, 0.25) is 0 Å². The van der Waals surface area contributed by atoms with Crippen LogP contribution in [-0.4, -0.2) is 65.9 Å². The molecule has 1 aliphatic rings. The van der Waals surface area contributed by atoms with E-state index < -0.39 is 0 Å². The van der Waals surface area contributed by atoms with Gasteiger partial charge in [-0.25, -0.2) is 4.98 Å². The van der Waals surface area contributed by atoms with Gasteiger partial charge in [0.1, 0.15) is 0 Å². The van der Waals surface area contributed by atoms with E-state index in [1.54, 1.807) is 23.9 Å². The van der Waals surface area contributed by atoms with Gasteiger partial charge in [-0.1, -0.05) is 0 Å². The zero-order valence-corrected chi connectivity index (χ0v) is 14.1. The number of thiazole rings is 1. The molecule has 1 aromatic carbocycles. The third-order valence-corrected chi connectivity index (χ3v) is 5.15. The van der Waals surface area contributed by atoms with Gasteiger partial charge in [-0.3, -0.25) is 14.5 Å². The summed E-state index contributed by atoms with van der Waals surface area (Å²) in [5, 5.41) is 2.67. The van der Waals surface area contributed by atoms with Crippen molar-refractivity contribution in [3.05, 3.63) is 29.3 Å². The predicted molar refractivity (Wildman–Crippen MR) is 90.6 cm³/mol. The fourth-order valence-corrected chi connectivity index (χ4v) is 3.57. The second-order valence-corrected chi connectivity index (χ2v) is 6.54. The number of hydrogen-bond donors (Lipinski definition) is 1. The minimum atomic E-state index is -0.161. The van der Waals surface area contributed by atoms with E-state index in [-0.39, 0.29) is 17.9 Å². The number of carbonyl (C=O) groups is 2. The molecule has 2 heterocycles. The van der Waals surface area contributed by atoms with Gasteiger partial charge in [0.2, 0.25) is 5.91 Å². The topological polar surface area (TPSA) is 65.5 Å². The molecule has 0 bridgehead atoms. The molecule has 1 saturated heterocycles. The zero-order valence-electron chi connectivity index (χ0n) is 13.3. The highest BCUT2D eigenvalue weighted by atomic mass is 32.1. The second-order valence-electron chi connectivity index (χ2n) is 5.65. The number of nitrogens with one attached hydrogen (secondary N) is 1. The van der Waals surface area contributed by atoms with Crippen LogP contribution >= 0.6 is 11.3 Å². The lowest BCUT2D eigenvalue weighted by atomic mass is 10.1. The van der Waals surface area contributed by atoms with Gasteiger partial charge < -0.3 is 10.2 Å². The van der Waals surface area contributed by atoms with Crippen molar-refractivity contribution in [3.8, 4) is 0 Å². The van der Waals surface area contributed by atoms with Crippen LogP contribution in [0.5, 0.6) is 0 Å². The molecule has 1 fully saturated rings. The maximum Gasteiger partial charge on any atom is 0.253 e. The van der Waals surface area contributed by atoms with Crippen molar-refractivity contribution < 1.29 is 9.59 Å². The normalized spacial score (nSPS) is 17.2. The number of piperazine rings is 1. The standard InChI is InChI=1S/C16H20N4O2S/c1-11(15(21)17-2)19-5-7-20(8-6-19)16(22)12-3-4-13-14(9-12)23-10-18-13/h3-4,9-11H,5-8H2,1-2H3,(H,17,21). The fraction of sp³-hybridized carbons (Fsp3) is 0.438. The monoisotopic (exact) mass is 332 g/mol. The number of amides is 2. The Hall–Kier alpha value is -1.99. The van der Waals surface area contributed by atoms with Crippen LogP contribution in [0.1, 0.15) is 17.3 Å². The van der Waals surface area contributed by atoms with E-state index in [4.69, 9.17) is 0 Å². The molecule has 0 spiro atoms. The van der Waals surface area contributed by atoms with Crippen molar-refractivity contribution in [1.29, 1.82) is 0 Å². The summed E-state index contributed by atoms with van der Waals surface area (Å²) in [5.41, 5.74) is 3.42. The Morgan fingerprint density at radius 1 is 1.26 bits per heavy atom.